The van der Waals surface area contributed by atoms with Crippen molar-refractivity contribution in [2.24, 2.45) is 0 Å². The maximum absolute atomic E-state index is 12.9. The average molecular weight is 401 g/mol. The van der Waals surface area contributed by atoms with Crippen molar-refractivity contribution in [3.05, 3.63) is 59.2 Å². The van der Waals surface area contributed by atoms with Crippen molar-refractivity contribution >= 4 is 15.9 Å². The highest BCUT2D eigenvalue weighted by Gasteiger charge is 2.36. The number of nitrogens with zero attached hydrogens (tertiary/aromatic N) is 2. The third-order valence-corrected chi connectivity index (χ3v) is 7.48. The van der Waals surface area contributed by atoms with Gasteiger partial charge in [-0.3, -0.25) is 4.79 Å². The van der Waals surface area contributed by atoms with E-state index >= 15 is 0 Å². The molecule has 0 bridgehead atoms. The number of carbonyl (C=O) groups is 1. The highest BCUT2D eigenvalue weighted by Crippen LogP contribution is 2.29. The number of rotatable bonds is 3. The number of carbonyl (C=O) groups excluding carboxylic acids is 1. The van der Waals surface area contributed by atoms with Crippen molar-refractivity contribution in [3.8, 4) is 5.75 Å². The van der Waals surface area contributed by atoms with E-state index in [1.54, 1.807) is 17.0 Å². The predicted molar refractivity (Wildman–Crippen MR) is 106 cm³/mol. The molecule has 1 amide bonds. The van der Waals surface area contributed by atoms with Gasteiger partial charge in [-0.15, -0.1) is 0 Å². The van der Waals surface area contributed by atoms with Gasteiger partial charge in [-0.05, 0) is 48.7 Å². The molecule has 2 heterocycles. The molecule has 1 saturated heterocycles. The number of piperazine rings is 1. The van der Waals surface area contributed by atoms with Crippen LogP contribution in [0.4, 0.5) is 0 Å². The van der Waals surface area contributed by atoms with Crippen LogP contribution in [0.3, 0.4) is 0 Å². The van der Waals surface area contributed by atoms with Gasteiger partial charge in [0.15, 0.2) is 6.10 Å². The van der Waals surface area contributed by atoms with E-state index < -0.39 is 16.1 Å². The lowest BCUT2D eigenvalue weighted by atomic mass is 10.1. The zero-order valence-electron chi connectivity index (χ0n) is 16.1. The second-order valence-electron chi connectivity index (χ2n) is 7.39. The Hall–Kier alpha value is -2.38. The van der Waals surface area contributed by atoms with Gasteiger partial charge in [0.05, 0.1) is 4.90 Å². The second-order valence-corrected chi connectivity index (χ2v) is 9.33. The van der Waals surface area contributed by atoms with Crippen LogP contribution < -0.4 is 4.74 Å². The Labute approximate surface area is 165 Å². The van der Waals surface area contributed by atoms with E-state index in [1.165, 1.54) is 4.31 Å². The first-order valence-electron chi connectivity index (χ1n) is 9.47. The maximum Gasteiger partial charge on any atom is 0.264 e. The number of aryl methyl sites for hydroxylation is 2. The Morgan fingerprint density at radius 3 is 2.39 bits per heavy atom. The molecular weight excluding hydrogens is 376 g/mol. The summed E-state index contributed by atoms with van der Waals surface area (Å²) in [6, 6.07) is 12.9. The number of amides is 1. The zero-order chi connectivity index (χ0) is 19.9. The van der Waals surface area contributed by atoms with Crippen LogP contribution in [0.15, 0.2) is 47.4 Å². The largest absolute Gasteiger partial charge is 0.480 e. The first-order valence-corrected chi connectivity index (χ1v) is 10.9. The van der Waals surface area contributed by atoms with E-state index in [9.17, 15) is 13.2 Å². The molecule has 4 rings (SSSR count). The lowest BCUT2D eigenvalue weighted by molar-refractivity contribution is -0.139. The highest BCUT2D eigenvalue weighted by atomic mass is 32.2. The first-order chi connectivity index (χ1) is 13.4. The van der Waals surface area contributed by atoms with Crippen LogP contribution in [0.5, 0.6) is 5.75 Å². The molecule has 1 fully saturated rings. The fourth-order valence-electron chi connectivity index (χ4n) is 3.70. The van der Waals surface area contributed by atoms with Gasteiger partial charge in [-0.25, -0.2) is 8.42 Å². The molecule has 28 heavy (non-hydrogen) atoms. The Kier molecular flexibility index (Phi) is 4.89. The molecule has 0 aliphatic carbocycles. The highest BCUT2D eigenvalue weighted by molar-refractivity contribution is 7.89. The fraction of sp³-hybridized carbons (Fsp3) is 0.381. The lowest BCUT2D eigenvalue weighted by Crippen LogP contribution is -2.53. The zero-order valence-corrected chi connectivity index (χ0v) is 16.9. The Morgan fingerprint density at radius 2 is 1.71 bits per heavy atom. The van der Waals surface area contributed by atoms with Crippen molar-refractivity contribution in [2.75, 3.05) is 26.2 Å². The Balaban J connectivity index is 1.40. The van der Waals surface area contributed by atoms with Gasteiger partial charge in [0.2, 0.25) is 10.0 Å². The molecule has 7 heteroatoms. The molecule has 148 valence electrons. The minimum atomic E-state index is -3.55. The van der Waals surface area contributed by atoms with Crippen LogP contribution in [0.2, 0.25) is 0 Å². The van der Waals surface area contributed by atoms with Gasteiger partial charge in [0.1, 0.15) is 5.75 Å². The second kappa shape index (κ2) is 7.22. The van der Waals surface area contributed by atoms with E-state index in [-0.39, 0.29) is 5.91 Å². The minimum absolute atomic E-state index is 0.0700. The number of hydrogen-bond donors (Lipinski definition) is 0. The molecule has 2 aliphatic rings. The molecule has 0 N–H and O–H groups in total. The fourth-order valence-corrected chi connectivity index (χ4v) is 5.20. The molecule has 1 unspecified atom stereocenters. The van der Waals surface area contributed by atoms with Gasteiger partial charge >= 0.3 is 0 Å². The molecule has 0 radical (unpaired) electrons. The van der Waals surface area contributed by atoms with E-state index in [4.69, 9.17) is 4.74 Å². The molecule has 0 aromatic heterocycles. The van der Waals surface area contributed by atoms with Crippen molar-refractivity contribution < 1.29 is 17.9 Å². The molecular formula is C21H24N2O4S. The van der Waals surface area contributed by atoms with Crippen LogP contribution in [0.1, 0.15) is 16.7 Å². The number of benzene rings is 2. The van der Waals surface area contributed by atoms with E-state index in [1.807, 2.05) is 44.2 Å². The third kappa shape index (κ3) is 3.40. The SMILES string of the molecule is Cc1ccc(S(=O)(=O)N2CCN(C(=O)C3Cc4ccccc4O3)CC2)cc1C. The minimum Gasteiger partial charge on any atom is -0.480 e. The lowest BCUT2D eigenvalue weighted by Gasteiger charge is -2.35. The summed E-state index contributed by atoms with van der Waals surface area (Å²) in [4.78, 5) is 14.8. The molecule has 1 atom stereocenters. The van der Waals surface area contributed by atoms with Gasteiger partial charge in [-0.2, -0.15) is 4.31 Å². The summed E-state index contributed by atoms with van der Waals surface area (Å²) in [5, 5.41) is 0. The average Bonchev–Trinajstić information content (AvgIpc) is 3.13. The van der Waals surface area contributed by atoms with Crippen molar-refractivity contribution in [1.29, 1.82) is 0 Å². The van der Waals surface area contributed by atoms with Crippen molar-refractivity contribution in [2.45, 2.75) is 31.3 Å². The first kappa shape index (κ1) is 19.0. The van der Waals surface area contributed by atoms with Crippen LogP contribution in [0, 0.1) is 13.8 Å². The molecule has 6 nitrogen and oxygen atoms in total. The smallest absolute Gasteiger partial charge is 0.264 e. The molecule has 2 aromatic carbocycles. The van der Waals surface area contributed by atoms with E-state index in [0.29, 0.717) is 37.5 Å². The summed E-state index contributed by atoms with van der Waals surface area (Å²) in [7, 11) is -3.55. The van der Waals surface area contributed by atoms with Gasteiger partial charge < -0.3 is 9.64 Å². The van der Waals surface area contributed by atoms with Crippen molar-refractivity contribution in [3.63, 3.8) is 0 Å². The topological polar surface area (TPSA) is 66.9 Å². The Bertz CT molecular complexity index is 986. The van der Waals surface area contributed by atoms with Crippen LogP contribution in [-0.2, 0) is 21.2 Å². The molecule has 0 saturated carbocycles. The number of hydrogen-bond acceptors (Lipinski definition) is 4. The van der Waals surface area contributed by atoms with Gasteiger partial charge in [0, 0.05) is 32.6 Å². The maximum atomic E-state index is 12.9. The van der Waals surface area contributed by atoms with Gasteiger partial charge in [0.25, 0.3) is 5.91 Å². The summed E-state index contributed by atoms with van der Waals surface area (Å²) in [6.45, 7) is 5.20. The normalized spacial score (nSPS) is 19.9. The van der Waals surface area contributed by atoms with E-state index in [2.05, 4.69) is 0 Å². The Morgan fingerprint density at radius 1 is 1.00 bits per heavy atom. The van der Waals surface area contributed by atoms with Crippen LogP contribution >= 0.6 is 0 Å². The molecule has 0 spiro atoms. The summed E-state index contributed by atoms with van der Waals surface area (Å²) in [6.07, 6.45) is 0.0520. The van der Waals surface area contributed by atoms with Crippen LogP contribution in [0.25, 0.3) is 0 Å². The number of para-hydroxylation sites is 1. The quantitative estimate of drug-likeness (QED) is 0.792. The van der Waals surface area contributed by atoms with E-state index in [0.717, 1.165) is 22.4 Å². The molecule has 2 aromatic rings. The predicted octanol–water partition coefficient (Wildman–Crippen LogP) is 2.14. The van der Waals surface area contributed by atoms with Crippen LogP contribution in [-0.4, -0.2) is 55.8 Å². The number of sulfonamides is 1. The third-order valence-electron chi connectivity index (χ3n) is 5.59. The molecule has 2 aliphatic heterocycles. The summed E-state index contributed by atoms with van der Waals surface area (Å²) in [5.74, 6) is 0.691. The van der Waals surface area contributed by atoms with Crippen molar-refractivity contribution in [1.82, 2.24) is 9.21 Å². The summed E-state index contributed by atoms with van der Waals surface area (Å²) < 4.78 is 33.1. The standard InChI is InChI=1S/C21H24N2O4S/c1-15-7-8-18(13-16(15)2)28(25,26)23-11-9-22(10-12-23)21(24)20-14-17-5-3-4-6-19(17)27-20/h3-8,13,20H,9-12,14H2,1-2H3. The summed E-state index contributed by atoms with van der Waals surface area (Å²) in [5.41, 5.74) is 3.05. The van der Waals surface area contributed by atoms with Gasteiger partial charge in [-0.1, -0.05) is 24.3 Å². The number of ether oxygens (including phenoxy) is 1. The number of fused-ring (bicyclic) bond motifs is 1. The summed E-state index contributed by atoms with van der Waals surface area (Å²) >= 11 is 0. The monoisotopic (exact) mass is 400 g/mol.